The van der Waals surface area contributed by atoms with Gasteiger partial charge in [0, 0.05) is 36.6 Å². The summed E-state index contributed by atoms with van der Waals surface area (Å²) >= 11 is 0. The monoisotopic (exact) mass is 327 g/mol. The highest BCUT2D eigenvalue weighted by Crippen LogP contribution is 2.27. The molecule has 25 heavy (non-hydrogen) atoms. The molecule has 4 aromatic heterocycles. The minimum Gasteiger partial charge on any atom is -0.335 e. The number of aromatic nitrogens is 7. The van der Waals surface area contributed by atoms with Crippen molar-refractivity contribution in [2.75, 3.05) is 0 Å². The molecule has 5 aromatic rings. The van der Waals surface area contributed by atoms with Crippen molar-refractivity contribution < 1.29 is 0 Å². The van der Waals surface area contributed by atoms with E-state index < -0.39 is 0 Å². The number of hydrogen-bond donors (Lipinski definition) is 0. The fourth-order valence-electron chi connectivity index (χ4n) is 2.99. The van der Waals surface area contributed by atoms with Gasteiger partial charge in [-0.3, -0.25) is 4.57 Å². The lowest BCUT2D eigenvalue weighted by atomic mass is 10.2. The van der Waals surface area contributed by atoms with Crippen LogP contribution in [0, 0.1) is 0 Å². The molecule has 0 N–H and O–H groups in total. The van der Waals surface area contributed by atoms with E-state index in [1.54, 1.807) is 18.7 Å². The molecule has 0 bridgehead atoms. The Morgan fingerprint density at radius 2 is 1.80 bits per heavy atom. The average Bonchev–Trinajstić information content (AvgIpc) is 3.26. The number of rotatable bonds is 2. The van der Waals surface area contributed by atoms with E-state index in [9.17, 15) is 0 Å². The van der Waals surface area contributed by atoms with Crippen LogP contribution in [0.1, 0.15) is 0 Å². The SMILES string of the molecule is Cn1ccc2c(-c3cncnc3)nc(-n3cnc4ccccc43)nc21. The van der Waals surface area contributed by atoms with Gasteiger partial charge in [-0.05, 0) is 18.2 Å². The molecule has 0 fully saturated rings. The molecule has 5 rings (SSSR count). The van der Waals surface area contributed by atoms with Crippen LogP contribution in [0.2, 0.25) is 0 Å². The number of hydrogen-bond acceptors (Lipinski definition) is 5. The smallest absolute Gasteiger partial charge is 0.238 e. The van der Waals surface area contributed by atoms with Gasteiger partial charge in [0.15, 0.2) is 0 Å². The Labute approximate surface area is 142 Å². The van der Waals surface area contributed by atoms with Gasteiger partial charge in [0.25, 0.3) is 0 Å². The predicted octanol–water partition coefficient (Wildman–Crippen LogP) is 2.76. The largest absolute Gasteiger partial charge is 0.335 e. The van der Waals surface area contributed by atoms with Gasteiger partial charge < -0.3 is 4.57 Å². The molecule has 0 aliphatic rings. The maximum atomic E-state index is 4.80. The lowest BCUT2D eigenvalue weighted by molar-refractivity contribution is 0.912. The highest BCUT2D eigenvalue weighted by molar-refractivity contribution is 5.91. The lowest BCUT2D eigenvalue weighted by Gasteiger charge is -2.08. The van der Waals surface area contributed by atoms with Crippen molar-refractivity contribution >= 4 is 22.1 Å². The first-order valence-electron chi connectivity index (χ1n) is 7.82. The van der Waals surface area contributed by atoms with Crippen molar-refractivity contribution in [1.82, 2.24) is 34.1 Å². The van der Waals surface area contributed by atoms with Crippen LogP contribution in [0.5, 0.6) is 0 Å². The van der Waals surface area contributed by atoms with Crippen LogP contribution in [0.15, 0.2) is 61.6 Å². The molecular weight excluding hydrogens is 314 g/mol. The molecule has 0 saturated carbocycles. The van der Waals surface area contributed by atoms with E-state index in [0.717, 1.165) is 33.3 Å². The Balaban J connectivity index is 1.84. The van der Waals surface area contributed by atoms with Crippen molar-refractivity contribution in [3.05, 3.63) is 61.6 Å². The Morgan fingerprint density at radius 3 is 2.68 bits per heavy atom. The zero-order valence-corrected chi connectivity index (χ0v) is 13.4. The van der Waals surface area contributed by atoms with E-state index >= 15 is 0 Å². The van der Waals surface area contributed by atoms with Crippen molar-refractivity contribution in [3.63, 3.8) is 0 Å². The first-order valence-corrected chi connectivity index (χ1v) is 7.82. The third-order valence-electron chi connectivity index (χ3n) is 4.22. The van der Waals surface area contributed by atoms with Gasteiger partial charge in [-0.2, -0.15) is 4.98 Å². The summed E-state index contributed by atoms with van der Waals surface area (Å²) < 4.78 is 3.88. The van der Waals surface area contributed by atoms with E-state index in [1.807, 2.05) is 52.7 Å². The average molecular weight is 327 g/mol. The fraction of sp³-hybridized carbons (Fsp3) is 0.0556. The van der Waals surface area contributed by atoms with Crippen LogP contribution in [-0.4, -0.2) is 34.1 Å². The van der Waals surface area contributed by atoms with Crippen LogP contribution in [0.25, 0.3) is 39.3 Å². The fourth-order valence-corrected chi connectivity index (χ4v) is 2.99. The molecule has 0 spiro atoms. The molecule has 7 heteroatoms. The second kappa shape index (κ2) is 5.20. The van der Waals surface area contributed by atoms with E-state index in [-0.39, 0.29) is 0 Å². The van der Waals surface area contributed by atoms with Crippen LogP contribution < -0.4 is 0 Å². The van der Waals surface area contributed by atoms with Crippen LogP contribution in [0.3, 0.4) is 0 Å². The van der Waals surface area contributed by atoms with E-state index in [4.69, 9.17) is 9.97 Å². The number of aryl methyl sites for hydroxylation is 1. The molecule has 0 saturated heterocycles. The summed E-state index contributed by atoms with van der Waals surface area (Å²) in [4.78, 5) is 22.2. The normalized spacial score (nSPS) is 11.4. The molecule has 0 radical (unpaired) electrons. The first kappa shape index (κ1) is 13.8. The second-order valence-corrected chi connectivity index (χ2v) is 5.77. The zero-order valence-electron chi connectivity index (χ0n) is 13.4. The van der Waals surface area contributed by atoms with Crippen molar-refractivity contribution in [3.8, 4) is 17.2 Å². The topological polar surface area (TPSA) is 74.3 Å². The number of benzene rings is 1. The summed E-state index contributed by atoms with van der Waals surface area (Å²) in [5.41, 5.74) is 4.38. The van der Waals surface area contributed by atoms with Crippen LogP contribution >= 0.6 is 0 Å². The lowest BCUT2D eigenvalue weighted by Crippen LogP contribution is -2.03. The molecule has 120 valence electrons. The minimum absolute atomic E-state index is 0.571. The summed E-state index contributed by atoms with van der Waals surface area (Å²) in [6.45, 7) is 0. The highest BCUT2D eigenvalue weighted by Gasteiger charge is 2.15. The molecule has 4 heterocycles. The predicted molar refractivity (Wildman–Crippen MR) is 94.2 cm³/mol. The molecule has 1 aromatic carbocycles. The number of imidazole rings is 1. The third-order valence-corrected chi connectivity index (χ3v) is 4.22. The molecule has 0 atom stereocenters. The Kier molecular flexibility index (Phi) is 2.87. The number of nitrogens with zero attached hydrogens (tertiary/aromatic N) is 7. The molecule has 0 aliphatic heterocycles. The van der Waals surface area contributed by atoms with Crippen molar-refractivity contribution in [2.24, 2.45) is 7.05 Å². The maximum absolute atomic E-state index is 4.80. The van der Waals surface area contributed by atoms with Gasteiger partial charge in [-0.15, -0.1) is 0 Å². The zero-order chi connectivity index (χ0) is 16.8. The molecule has 0 amide bonds. The summed E-state index contributed by atoms with van der Waals surface area (Å²) in [7, 11) is 1.97. The Hall–Kier alpha value is -3.61. The van der Waals surface area contributed by atoms with Gasteiger partial charge in [0.2, 0.25) is 5.95 Å². The van der Waals surface area contributed by atoms with Gasteiger partial charge in [0.1, 0.15) is 18.3 Å². The van der Waals surface area contributed by atoms with Crippen LogP contribution in [-0.2, 0) is 7.05 Å². The van der Waals surface area contributed by atoms with Crippen molar-refractivity contribution in [1.29, 1.82) is 0 Å². The van der Waals surface area contributed by atoms with Gasteiger partial charge in [-0.25, -0.2) is 19.9 Å². The Bertz CT molecular complexity index is 1200. The van der Waals surface area contributed by atoms with E-state index in [1.165, 1.54) is 6.33 Å². The quantitative estimate of drug-likeness (QED) is 0.498. The van der Waals surface area contributed by atoms with E-state index in [2.05, 4.69) is 15.0 Å². The van der Waals surface area contributed by atoms with Gasteiger partial charge >= 0.3 is 0 Å². The molecular formula is C18H13N7. The van der Waals surface area contributed by atoms with E-state index in [0.29, 0.717) is 5.95 Å². The van der Waals surface area contributed by atoms with Gasteiger partial charge in [0.05, 0.1) is 16.7 Å². The standard InChI is InChI=1S/C18H13N7/c1-24-7-6-13-16(12-8-19-10-20-9-12)22-18(23-17(13)24)25-11-21-14-4-2-3-5-15(14)25/h2-11H,1H3. The molecule has 0 aliphatic carbocycles. The summed E-state index contributed by atoms with van der Waals surface area (Å²) in [5, 5.41) is 0.963. The number of para-hydroxylation sites is 2. The van der Waals surface area contributed by atoms with Gasteiger partial charge in [-0.1, -0.05) is 12.1 Å². The summed E-state index contributed by atoms with van der Waals surface area (Å²) in [5.74, 6) is 0.571. The third kappa shape index (κ3) is 2.09. The maximum Gasteiger partial charge on any atom is 0.238 e. The minimum atomic E-state index is 0.571. The molecule has 7 nitrogen and oxygen atoms in total. The number of fused-ring (bicyclic) bond motifs is 2. The summed E-state index contributed by atoms with van der Waals surface area (Å²) in [6.07, 6.45) is 8.76. The van der Waals surface area contributed by atoms with Crippen LogP contribution in [0.4, 0.5) is 0 Å². The highest BCUT2D eigenvalue weighted by atomic mass is 15.2. The first-order chi connectivity index (χ1) is 12.3. The summed E-state index contributed by atoms with van der Waals surface area (Å²) in [6, 6.07) is 9.93. The second-order valence-electron chi connectivity index (χ2n) is 5.77. The van der Waals surface area contributed by atoms with Crippen molar-refractivity contribution in [2.45, 2.75) is 0 Å². The Morgan fingerprint density at radius 1 is 0.960 bits per heavy atom. The molecule has 0 unspecified atom stereocenters.